The van der Waals surface area contributed by atoms with Crippen LogP contribution in [0.2, 0.25) is 0 Å². The van der Waals surface area contributed by atoms with Crippen LogP contribution in [-0.2, 0) is 22.4 Å². The Bertz CT molecular complexity index is 951. The number of hydrogen-bond donors (Lipinski definition) is 0. The average Bonchev–Trinajstić information content (AvgIpc) is 3.15. The Balaban J connectivity index is 1.73. The minimum Gasteiger partial charge on any atom is -0.493 e. The van der Waals surface area contributed by atoms with Crippen molar-refractivity contribution in [2.45, 2.75) is 12.8 Å². The monoisotopic (exact) mass is 438 g/mol. The lowest BCUT2D eigenvalue weighted by Gasteiger charge is -2.18. The summed E-state index contributed by atoms with van der Waals surface area (Å²) in [5.74, 6) is 2.26. The second-order valence-electron chi connectivity index (χ2n) is 7.57. The molecule has 32 heavy (non-hydrogen) atoms. The van der Waals surface area contributed by atoms with Gasteiger partial charge in [0.2, 0.25) is 0 Å². The van der Waals surface area contributed by atoms with E-state index in [0.29, 0.717) is 55.7 Å². The first-order valence-corrected chi connectivity index (χ1v) is 10.6. The van der Waals surface area contributed by atoms with Crippen molar-refractivity contribution in [3.05, 3.63) is 72.8 Å². The fourth-order valence-corrected chi connectivity index (χ4v) is 3.83. The number of methoxy groups -OCH3 is 2. The number of rotatable bonds is 12. The number of esters is 1. The van der Waals surface area contributed by atoms with Crippen LogP contribution in [0.25, 0.3) is 0 Å². The number of carbonyl (C=O) groups excluding carboxylic acids is 1. The molecule has 0 aliphatic carbocycles. The number of hydrogen-bond acceptors (Lipinski definition) is 6. The molecule has 170 valence electrons. The van der Waals surface area contributed by atoms with E-state index in [-0.39, 0.29) is 17.8 Å². The van der Waals surface area contributed by atoms with Crippen molar-refractivity contribution in [3.63, 3.8) is 0 Å². The van der Waals surface area contributed by atoms with E-state index in [0.717, 1.165) is 11.1 Å². The van der Waals surface area contributed by atoms with E-state index in [1.165, 1.54) is 0 Å². The molecule has 1 aliphatic rings. The summed E-state index contributed by atoms with van der Waals surface area (Å²) in [5.41, 5.74) is 2.05. The fraction of sp³-hybridized carbons (Fsp3) is 0.346. The summed E-state index contributed by atoms with van der Waals surface area (Å²) in [6.07, 6.45) is 4.64. The lowest BCUT2D eigenvalue weighted by atomic mass is 9.85. The van der Waals surface area contributed by atoms with Crippen LogP contribution in [0.3, 0.4) is 0 Å². The van der Waals surface area contributed by atoms with Gasteiger partial charge in [0, 0.05) is 5.92 Å². The minimum absolute atomic E-state index is 0.0647. The summed E-state index contributed by atoms with van der Waals surface area (Å²) < 4.78 is 27.6. The first-order valence-electron chi connectivity index (χ1n) is 10.6. The van der Waals surface area contributed by atoms with Gasteiger partial charge in [-0.2, -0.15) is 0 Å². The molecule has 3 rings (SSSR count). The second kappa shape index (κ2) is 11.3. The molecule has 2 aromatic rings. The lowest BCUT2D eigenvalue weighted by Crippen LogP contribution is -2.20. The molecule has 0 saturated carbocycles. The maximum absolute atomic E-state index is 12.5. The Hall–Kier alpha value is -3.41. The highest BCUT2D eigenvalue weighted by atomic mass is 16.5. The molecule has 1 fully saturated rings. The van der Waals surface area contributed by atoms with E-state index in [4.69, 9.17) is 23.7 Å². The van der Waals surface area contributed by atoms with Gasteiger partial charge in [0.05, 0.1) is 26.7 Å². The van der Waals surface area contributed by atoms with E-state index >= 15 is 0 Å². The van der Waals surface area contributed by atoms with Crippen LogP contribution < -0.4 is 18.9 Å². The molecule has 0 bridgehead atoms. The van der Waals surface area contributed by atoms with E-state index in [1.54, 1.807) is 26.4 Å². The molecule has 1 saturated heterocycles. The Morgan fingerprint density at radius 1 is 0.875 bits per heavy atom. The predicted octanol–water partition coefficient (Wildman–Crippen LogP) is 4.41. The summed E-state index contributed by atoms with van der Waals surface area (Å²) >= 11 is 0. The van der Waals surface area contributed by atoms with Gasteiger partial charge in [-0.15, -0.1) is 0 Å². The van der Waals surface area contributed by atoms with E-state index in [9.17, 15) is 4.79 Å². The summed E-state index contributed by atoms with van der Waals surface area (Å²) in [6, 6.07) is 11.6. The van der Waals surface area contributed by atoms with Crippen molar-refractivity contribution in [3.8, 4) is 23.0 Å². The van der Waals surface area contributed by atoms with E-state index in [1.807, 2.05) is 36.4 Å². The van der Waals surface area contributed by atoms with Gasteiger partial charge in [0.25, 0.3) is 0 Å². The molecule has 0 spiro atoms. The summed E-state index contributed by atoms with van der Waals surface area (Å²) in [7, 11) is 3.21. The zero-order valence-corrected chi connectivity index (χ0v) is 18.7. The Kier molecular flexibility index (Phi) is 8.20. The maximum atomic E-state index is 12.5. The lowest BCUT2D eigenvalue weighted by molar-refractivity contribution is -0.141. The molecule has 0 amide bonds. The molecule has 2 atom stereocenters. The van der Waals surface area contributed by atoms with Crippen LogP contribution >= 0.6 is 0 Å². The standard InChI is InChI=1S/C26H30O6/c1-5-11-30-22-9-7-18(15-24(22)28-3)13-20-17-32-26(27)21(20)14-19-8-10-23(31-12-6-2)25(16-19)29-4/h5-10,15-16,20-21H,1-2,11-14,17H2,3-4H3/t20-,21+/m0/s1. The minimum atomic E-state index is -0.234. The van der Waals surface area contributed by atoms with Crippen molar-refractivity contribution in [1.29, 1.82) is 0 Å². The van der Waals surface area contributed by atoms with Crippen LogP contribution in [-0.4, -0.2) is 40.0 Å². The number of benzene rings is 2. The Morgan fingerprint density at radius 3 is 1.91 bits per heavy atom. The molecule has 0 radical (unpaired) electrons. The first-order chi connectivity index (χ1) is 15.6. The van der Waals surface area contributed by atoms with Gasteiger partial charge < -0.3 is 23.7 Å². The fourth-order valence-electron chi connectivity index (χ4n) is 3.83. The number of ether oxygens (including phenoxy) is 5. The predicted molar refractivity (Wildman–Crippen MR) is 123 cm³/mol. The zero-order chi connectivity index (χ0) is 22.9. The van der Waals surface area contributed by atoms with Gasteiger partial charge in [0.1, 0.15) is 13.2 Å². The van der Waals surface area contributed by atoms with Gasteiger partial charge in [0.15, 0.2) is 23.0 Å². The highest BCUT2D eigenvalue weighted by Crippen LogP contribution is 2.35. The molecular formula is C26H30O6. The number of cyclic esters (lactones) is 1. The molecule has 0 aromatic heterocycles. The summed E-state index contributed by atoms with van der Waals surface area (Å²) in [5, 5.41) is 0. The van der Waals surface area contributed by atoms with Crippen molar-refractivity contribution in [1.82, 2.24) is 0 Å². The normalized spacial score (nSPS) is 17.4. The molecule has 2 aromatic carbocycles. The van der Waals surface area contributed by atoms with Gasteiger partial charge >= 0.3 is 5.97 Å². The van der Waals surface area contributed by atoms with Crippen LogP contribution in [0.1, 0.15) is 11.1 Å². The van der Waals surface area contributed by atoms with Crippen molar-refractivity contribution < 1.29 is 28.5 Å². The molecule has 6 heteroatoms. The third-order valence-corrected chi connectivity index (χ3v) is 5.43. The smallest absolute Gasteiger partial charge is 0.309 e. The van der Waals surface area contributed by atoms with Gasteiger partial charge in [-0.3, -0.25) is 4.79 Å². The molecule has 1 aliphatic heterocycles. The molecule has 0 unspecified atom stereocenters. The van der Waals surface area contributed by atoms with Gasteiger partial charge in [-0.05, 0) is 48.2 Å². The van der Waals surface area contributed by atoms with Gasteiger partial charge in [-0.1, -0.05) is 37.4 Å². The third-order valence-electron chi connectivity index (χ3n) is 5.43. The Labute approximate surface area is 189 Å². The SMILES string of the molecule is C=CCOc1ccc(C[C@H]2COC(=O)[C@@H]2Cc2ccc(OCC=C)c(OC)c2)cc1OC. The maximum Gasteiger partial charge on any atom is 0.309 e. The van der Waals surface area contributed by atoms with Crippen LogP contribution in [0.4, 0.5) is 0 Å². The molecule has 0 N–H and O–H groups in total. The zero-order valence-electron chi connectivity index (χ0n) is 18.7. The molecule has 6 nitrogen and oxygen atoms in total. The molecule has 1 heterocycles. The van der Waals surface area contributed by atoms with E-state index in [2.05, 4.69) is 13.2 Å². The van der Waals surface area contributed by atoms with Crippen LogP contribution in [0, 0.1) is 11.8 Å². The Morgan fingerprint density at radius 2 is 1.41 bits per heavy atom. The summed E-state index contributed by atoms with van der Waals surface area (Å²) in [6.45, 7) is 8.53. The second-order valence-corrected chi connectivity index (χ2v) is 7.57. The molecular weight excluding hydrogens is 408 g/mol. The van der Waals surface area contributed by atoms with Crippen molar-refractivity contribution in [2.24, 2.45) is 11.8 Å². The first kappa shape index (κ1) is 23.3. The average molecular weight is 439 g/mol. The highest BCUT2D eigenvalue weighted by molar-refractivity contribution is 5.75. The van der Waals surface area contributed by atoms with Crippen LogP contribution in [0.15, 0.2) is 61.7 Å². The number of carbonyl (C=O) groups is 1. The van der Waals surface area contributed by atoms with Crippen molar-refractivity contribution >= 4 is 5.97 Å². The largest absolute Gasteiger partial charge is 0.493 e. The van der Waals surface area contributed by atoms with Gasteiger partial charge in [-0.25, -0.2) is 0 Å². The highest BCUT2D eigenvalue weighted by Gasteiger charge is 2.37. The quantitative estimate of drug-likeness (QED) is 0.361. The van der Waals surface area contributed by atoms with Crippen molar-refractivity contribution in [2.75, 3.05) is 34.0 Å². The topological polar surface area (TPSA) is 63.2 Å². The van der Waals surface area contributed by atoms with E-state index < -0.39 is 0 Å². The van der Waals surface area contributed by atoms with Crippen LogP contribution in [0.5, 0.6) is 23.0 Å². The third kappa shape index (κ3) is 5.63. The summed E-state index contributed by atoms with van der Waals surface area (Å²) in [4.78, 5) is 12.5.